The summed E-state index contributed by atoms with van der Waals surface area (Å²) in [4.78, 5) is 51.2. The Kier molecular flexibility index (Phi) is 13.7. The van der Waals surface area contributed by atoms with Crippen LogP contribution in [0.3, 0.4) is 0 Å². The van der Waals surface area contributed by atoms with Crippen LogP contribution in [0.1, 0.15) is 99.0 Å². The van der Waals surface area contributed by atoms with Gasteiger partial charge in [-0.15, -0.1) is 0 Å². The topological polar surface area (TPSA) is 118 Å². The number of phenols is 1. The molecule has 11 heteroatoms. The van der Waals surface area contributed by atoms with Crippen molar-refractivity contribution in [2.75, 3.05) is 67.5 Å². The van der Waals surface area contributed by atoms with Gasteiger partial charge in [0.15, 0.2) is 11.5 Å². The Labute approximate surface area is 384 Å². The van der Waals surface area contributed by atoms with Gasteiger partial charge in [-0.05, 0) is 162 Å². The first kappa shape index (κ1) is 47.3. The fourth-order valence-corrected chi connectivity index (χ4v) is 15.4. The Morgan fingerprint density at radius 1 is 0.703 bits per heavy atom. The Bertz CT molecular complexity index is 1920. The lowest BCUT2D eigenvalue weighted by Gasteiger charge is -2.57. The van der Waals surface area contributed by atoms with E-state index < -0.39 is 23.2 Å². The van der Waals surface area contributed by atoms with Gasteiger partial charge in [0.25, 0.3) is 0 Å². The average molecular weight is 888 g/mol. The van der Waals surface area contributed by atoms with Gasteiger partial charge in [0.1, 0.15) is 18.3 Å². The molecule has 3 saturated heterocycles. The molecule has 64 heavy (non-hydrogen) atoms. The summed E-state index contributed by atoms with van der Waals surface area (Å²) in [5.41, 5.74) is 0.493. The molecule has 7 fully saturated rings. The van der Waals surface area contributed by atoms with Crippen molar-refractivity contribution < 1.29 is 38.4 Å². The second-order valence-electron chi connectivity index (χ2n) is 23.1. The highest BCUT2D eigenvalue weighted by molar-refractivity contribution is 5.87. The number of likely N-dealkylation sites (tertiary alicyclic amines) is 3. The first-order valence-electron chi connectivity index (χ1n) is 25.0. The maximum Gasteiger partial charge on any atom is 0.330 e. The van der Waals surface area contributed by atoms with Crippen molar-refractivity contribution >= 4 is 17.9 Å². The molecule has 0 aromatic heterocycles. The summed E-state index contributed by atoms with van der Waals surface area (Å²) in [6.45, 7) is 23.8. The van der Waals surface area contributed by atoms with Gasteiger partial charge in [0.05, 0.1) is 18.4 Å². The molecule has 0 radical (unpaired) electrons. The second kappa shape index (κ2) is 18.5. The van der Waals surface area contributed by atoms with Crippen LogP contribution in [0.15, 0.2) is 29.8 Å². The van der Waals surface area contributed by atoms with Gasteiger partial charge in [-0.2, -0.15) is 0 Å². The number of hydrogen-bond acceptors (Lipinski definition) is 11. The number of allylic oxidation sites excluding steroid dienone is 1. The predicted octanol–water partition coefficient (Wildman–Crippen LogP) is 7.76. The smallest absolute Gasteiger partial charge is 0.330 e. The highest BCUT2D eigenvalue weighted by Gasteiger charge is 2.68. The fourth-order valence-electron chi connectivity index (χ4n) is 15.4. The normalized spacial score (nSPS) is 43.7. The first-order chi connectivity index (χ1) is 30.3. The molecule has 1 aromatic carbocycles. The van der Waals surface area contributed by atoms with Crippen LogP contribution in [0.4, 0.5) is 0 Å². The molecule has 4 aliphatic carbocycles. The molecule has 1 N–H and O–H groups in total. The molecule has 11 nitrogen and oxygen atoms in total. The number of methoxy groups -OCH3 is 1. The summed E-state index contributed by atoms with van der Waals surface area (Å²) in [5.74, 6) is 3.00. The Balaban J connectivity index is 1.07. The van der Waals surface area contributed by atoms with Crippen LogP contribution >= 0.6 is 0 Å². The molecule has 3 heterocycles. The van der Waals surface area contributed by atoms with Crippen LogP contribution in [0.5, 0.6) is 11.5 Å². The standard InChI is InChI=1S/C53H81N3O8/c1-28(17-48(58)62-44-19-36-29(2)22-54(9)25-39(36)32(44)5)13-15-42-49(51(59)63-45-20-37-30(3)23-55(10)26-40(37)33(45)6)50(35-14-16-43(57)47(18-35)61-12)53(42,8)52(60)64-46-21-38-31(4)24-56(11)27-41(38)34(46)7/h14,16-18,29-34,36-42,44-46,49-50,57H,13,15,19-27H2,1-12H3/t29-,30-,31-,32-,33-,34-,36-,37-,38-,39-,40-,41-,42-,44+,45+,46+,49-,50-,53-/m0/s1. The van der Waals surface area contributed by atoms with Crippen LogP contribution in [0.25, 0.3) is 0 Å². The average Bonchev–Trinajstić information content (AvgIpc) is 3.83. The van der Waals surface area contributed by atoms with E-state index in [-0.39, 0.29) is 59.6 Å². The van der Waals surface area contributed by atoms with Crippen LogP contribution in [-0.2, 0) is 28.6 Å². The predicted molar refractivity (Wildman–Crippen MR) is 247 cm³/mol. The zero-order valence-electron chi connectivity index (χ0n) is 41.1. The van der Waals surface area contributed by atoms with E-state index >= 15 is 9.59 Å². The van der Waals surface area contributed by atoms with Crippen molar-refractivity contribution in [3.63, 3.8) is 0 Å². The number of piperidine rings is 3. The third kappa shape index (κ3) is 8.65. The molecule has 8 rings (SSSR count). The Morgan fingerprint density at radius 3 is 1.66 bits per heavy atom. The van der Waals surface area contributed by atoms with E-state index in [1.165, 1.54) is 7.11 Å². The van der Waals surface area contributed by atoms with Crippen molar-refractivity contribution in [2.24, 2.45) is 88.3 Å². The third-order valence-corrected chi connectivity index (χ3v) is 19.0. The van der Waals surface area contributed by atoms with E-state index in [1.54, 1.807) is 18.2 Å². The van der Waals surface area contributed by atoms with E-state index in [0.717, 1.165) is 69.7 Å². The summed E-state index contributed by atoms with van der Waals surface area (Å²) in [6.07, 6.45) is 4.67. The number of carbonyl (C=O) groups is 3. The molecule has 3 aliphatic heterocycles. The number of ether oxygens (including phenoxy) is 4. The number of esters is 3. The molecule has 356 valence electrons. The number of aromatic hydroxyl groups is 1. The quantitative estimate of drug-likeness (QED) is 0.134. The van der Waals surface area contributed by atoms with E-state index in [0.29, 0.717) is 72.0 Å². The summed E-state index contributed by atoms with van der Waals surface area (Å²) in [5, 5.41) is 10.7. The molecule has 0 amide bonds. The first-order valence-corrected chi connectivity index (χ1v) is 25.0. The van der Waals surface area contributed by atoms with E-state index in [9.17, 15) is 9.90 Å². The Morgan fingerprint density at radius 2 is 1.17 bits per heavy atom. The van der Waals surface area contributed by atoms with Crippen molar-refractivity contribution in [2.45, 2.75) is 112 Å². The van der Waals surface area contributed by atoms with Crippen molar-refractivity contribution in [1.29, 1.82) is 0 Å². The number of fused-ring (bicyclic) bond motifs is 3. The monoisotopic (exact) mass is 888 g/mol. The molecule has 19 atom stereocenters. The van der Waals surface area contributed by atoms with Gasteiger partial charge >= 0.3 is 17.9 Å². The Hall–Kier alpha value is -3.15. The zero-order chi connectivity index (χ0) is 46.1. The summed E-state index contributed by atoms with van der Waals surface area (Å²) >= 11 is 0. The highest BCUT2D eigenvalue weighted by atomic mass is 16.6. The molecular weight excluding hydrogens is 807 g/mol. The minimum absolute atomic E-state index is 0.00580. The molecule has 0 spiro atoms. The summed E-state index contributed by atoms with van der Waals surface area (Å²) in [7, 11) is 8.07. The number of rotatable bonds is 11. The summed E-state index contributed by atoms with van der Waals surface area (Å²) in [6, 6.07) is 5.19. The minimum atomic E-state index is -1.10. The number of carbonyl (C=O) groups excluding carboxylic acids is 3. The van der Waals surface area contributed by atoms with Gasteiger partial charge in [0.2, 0.25) is 0 Å². The number of nitrogens with zero attached hydrogens (tertiary/aromatic N) is 3. The zero-order valence-corrected chi connectivity index (χ0v) is 41.1. The number of benzene rings is 1. The van der Waals surface area contributed by atoms with E-state index in [2.05, 4.69) is 77.4 Å². The van der Waals surface area contributed by atoms with E-state index in [1.807, 2.05) is 19.9 Å². The lowest BCUT2D eigenvalue weighted by atomic mass is 9.44. The lowest BCUT2D eigenvalue weighted by molar-refractivity contribution is -0.197. The lowest BCUT2D eigenvalue weighted by Crippen LogP contribution is -2.61. The van der Waals surface area contributed by atoms with Crippen molar-refractivity contribution in [3.05, 3.63) is 35.4 Å². The van der Waals surface area contributed by atoms with Gasteiger partial charge in [-0.25, -0.2) is 4.79 Å². The van der Waals surface area contributed by atoms with Gasteiger partial charge in [-0.1, -0.05) is 53.2 Å². The summed E-state index contributed by atoms with van der Waals surface area (Å²) < 4.78 is 25.3. The largest absolute Gasteiger partial charge is 0.504 e. The van der Waals surface area contributed by atoms with Gasteiger partial charge in [-0.3, -0.25) is 9.59 Å². The minimum Gasteiger partial charge on any atom is -0.504 e. The molecule has 4 saturated carbocycles. The van der Waals surface area contributed by atoms with E-state index in [4.69, 9.17) is 18.9 Å². The maximum absolute atomic E-state index is 15.3. The van der Waals surface area contributed by atoms with Crippen LogP contribution in [-0.4, -0.2) is 124 Å². The number of hydrogen-bond donors (Lipinski definition) is 1. The maximum atomic E-state index is 15.3. The van der Waals surface area contributed by atoms with Gasteiger partial charge in [0, 0.05) is 51.3 Å². The fraction of sp³-hybridized carbons (Fsp3) is 0.792. The molecule has 0 bridgehead atoms. The van der Waals surface area contributed by atoms with Crippen molar-refractivity contribution in [1.82, 2.24) is 14.7 Å². The SMILES string of the molecule is COc1cc([C@H]2[C@@H](C(=O)O[C@@H]3C[C@@H]4[C@@H](CN(C)C[C@@H]4C)[C@@H]3C)[C@H](CCC(C)=CC(=O)O[C@@H]3C[C@@H]4[C@@H](CN(C)C[C@@H]4C)[C@@H]3C)[C@]2(C)C(=O)O[C@@H]2C[C@@H]3[C@@H](CN(C)C[C@@H]3C)[C@@H]2C)ccc1O. The molecule has 7 aliphatic rings. The van der Waals surface area contributed by atoms with Crippen LogP contribution in [0, 0.1) is 88.3 Å². The van der Waals surface area contributed by atoms with Crippen LogP contribution < -0.4 is 4.74 Å². The highest BCUT2D eigenvalue weighted by Crippen LogP contribution is 2.65. The van der Waals surface area contributed by atoms with Crippen molar-refractivity contribution in [3.8, 4) is 11.5 Å². The van der Waals surface area contributed by atoms with Gasteiger partial charge < -0.3 is 38.8 Å². The van der Waals surface area contributed by atoms with Crippen LogP contribution in [0.2, 0.25) is 0 Å². The third-order valence-electron chi connectivity index (χ3n) is 19.0. The molecular formula is C53H81N3O8. The second-order valence-corrected chi connectivity index (χ2v) is 23.1. The number of phenolic OH excluding ortho intramolecular Hbond substituents is 1. The molecule has 0 unspecified atom stereocenters. The molecule has 1 aromatic rings.